The number of amides is 1. The summed E-state index contributed by atoms with van der Waals surface area (Å²) in [6, 6.07) is 5.62. The lowest BCUT2D eigenvalue weighted by molar-refractivity contribution is -0.146. The van der Waals surface area contributed by atoms with Crippen LogP contribution in [0.25, 0.3) is 0 Å². The van der Waals surface area contributed by atoms with Crippen molar-refractivity contribution in [2.24, 2.45) is 5.92 Å². The van der Waals surface area contributed by atoms with Gasteiger partial charge >= 0.3 is 5.97 Å². The van der Waals surface area contributed by atoms with Crippen molar-refractivity contribution < 1.29 is 23.1 Å². The van der Waals surface area contributed by atoms with Gasteiger partial charge in [0.15, 0.2) is 0 Å². The van der Waals surface area contributed by atoms with Crippen LogP contribution in [-0.2, 0) is 14.8 Å². The van der Waals surface area contributed by atoms with Gasteiger partial charge in [0.25, 0.3) is 5.91 Å². The minimum absolute atomic E-state index is 0.113. The fourth-order valence-corrected chi connectivity index (χ4v) is 4.89. The molecule has 0 aliphatic heterocycles. The Morgan fingerprint density at radius 2 is 1.67 bits per heavy atom. The summed E-state index contributed by atoms with van der Waals surface area (Å²) in [5.41, 5.74) is -1.01. The van der Waals surface area contributed by atoms with Gasteiger partial charge in [0.2, 0.25) is 10.0 Å². The smallest absolute Gasteiger partial charge is 0.329 e. The summed E-state index contributed by atoms with van der Waals surface area (Å²) >= 11 is 0. The van der Waals surface area contributed by atoms with Crippen molar-refractivity contribution in [3.63, 3.8) is 0 Å². The van der Waals surface area contributed by atoms with E-state index in [1.165, 1.54) is 28.6 Å². The Bertz CT molecular complexity index is 777. The molecule has 1 aliphatic carbocycles. The molecule has 1 aliphatic rings. The Morgan fingerprint density at radius 3 is 2.11 bits per heavy atom. The van der Waals surface area contributed by atoms with E-state index in [9.17, 15) is 23.1 Å². The molecule has 0 saturated heterocycles. The van der Waals surface area contributed by atoms with Gasteiger partial charge in [-0.25, -0.2) is 13.2 Å². The molecule has 0 unspecified atom stereocenters. The summed E-state index contributed by atoms with van der Waals surface area (Å²) in [5, 5.41) is 12.3. The van der Waals surface area contributed by atoms with Gasteiger partial charge in [-0.1, -0.05) is 20.8 Å². The molecule has 150 valence electrons. The van der Waals surface area contributed by atoms with Crippen molar-refractivity contribution in [2.75, 3.05) is 13.1 Å². The zero-order valence-electron chi connectivity index (χ0n) is 16.1. The third-order valence-electron chi connectivity index (χ3n) is 5.35. The largest absolute Gasteiger partial charge is 0.480 e. The highest BCUT2D eigenvalue weighted by atomic mass is 32.2. The van der Waals surface area contributed by atoms with E-state index in [0.29, 0.717) is 31.8 Å². The number of carbonyl (C=O) groups is 2. The van der Waals surface area contributed by atoms with Crippen LogP contribution in [0.5, 0.6) is 0 Å². The second kappa shape index (κ2) is 8.39. The molecule has 27 heavy (non-hydrogen) atoms. The number of carboxylic acid groups (broad SMARTS) is 1. The quantitative estimate of drug-likeness (QED) is 0.737. The second-order valence-electron chi connectivity index (χ2n) is 7.14. The van der Waals surface area contributed by atoms with E-state index in [2.05, 4.69) is 12.2 Å². The summed E-state index contributed by atoms with van der Waals surface area (Å²) in [6.07, 6.45) is 2.27. The van der Waals surface area contributed by atoms with Crippen LogP contribution in [-0.4, -0.2) is 48.3 Å². The number of carbonyl (C=O) groups excluding carboxylic acids is 1. The molecule has 1 aromatic rings. The predicted octanol–water partition coefficient (Wildman–Crippen LogP) is 2.48. The number of benzene rings is 1. The molecule has 0 atom stereocenters. The molecule has 7 nitrogen and oxygen atoms in total. The number of nitrogens with zero attached hydrogens (tertiary/aromatic N) is 1. The lowest BCUT2D eigenvalue weighted by Gasteiger charge is -2.36. The van der Waals surface area contributed by atoms with E-state index < -0.39 is 27.4 Å². The maximum atomic E-state index is 12.6. The van der Waals surface area contributed by atoms with E-state index in [1.807, 2.05) is 0 Å². The topological polar surface area (TPSA) is 104 Å². The third-order valence-corrected chi connectivity index (χ3v) is 7.41. The summed E-state index contributed by atoms with van der Waals surface area (Å²) in [6.45, 7) is 6.32. The standard InChI is InChI=1S/C19H28N2O5S/c1-4-21(5-2)27(25,26)16-8-6-15(7-9-16)17(22)20-19(18(23)24)12-10-14(3)11-13-19/h6-9,14H,4-5,10-13H2,1-3H3,(H,20,22)(H,23,24). The molecule has 1 amide bonds. The Hall–Kier alpha value is -1.93. The molecule has 1 aromatic carbocycles. The highest BCUT2D eigenvalue weighted by Gasteiger charge is 2.42. The molecular weight excluding hydrogens is 368 g/mol. The van der Waals surface area contributed by atoms with Gasteiger partial charge in [0.05, 0.1) is 4.90 Å². The maximum Gasteiger partial charge on any atom is 0.329 e. The van der Waals surface area contributed by atoms with Crippen LogP contribution >= 0.6 is 0 Å². The van der Waals surface area contributed by atoms with Gasteiger partial charge in [0.1, 0.15) is 5.54 Å². The number of hydrogen-bond donors (Lipinski definition) is 2. The molecule has 0 radical (unpaired) electrons. The highest BCUT2D eigenvalue weighted by Crippen LogP contribution is 2.32. The number of aliphatic carboxylic acids is 1. The molecule has 0 bridgehead atoms. The molecule has 8 heteroatoms. The number of sulfonamides is 1. The summed E-state index contributed by atoms with van der Waals surface area (Å²) < 4.78 is 26.4. The number of nitrogens with one attached hydrogen (secondary N) is 1. The Labute approximate surface area is 160 Å². The Morgan fingerprint density at radius 1 is 1.15 bits per heavy atom. The molecule has 1 saturated carbocycles. The van der Waals surface area contributed by atoms with Crippen molar-refractivity contribution in [1.29, 1.82) is 0 Å². The van der Waals surface area contributed by atoms with Crippen LogP contribution in [0.1, 0.15) is 56.8 Å². The van der Waals surface area contributed by atoms with Crippen LogP contribution < -0.4 is 5.32 Å². The van der Waals surface area contributed by atoms with Crippen molar-refractivity contribution in [3.05, 3.63) is 29.8 Å². The zero-order chi connectivity index (χ0) is 20.2. The first kappa shape index (κ1) is 21.4. The van der Waals surface area contributed by atoms with Crippen molar-refractivity contribution in [3.8, 4) is 0 Å². The zero-order valence-corrected chi connectivity index (χ0v) is 16.9. The molecular formula is C19H28N2O5S. The third kappa shape index (κ3) is 4.50. The number of carboxylic acids is 1. The van der Waals surface area contributed by atoms with Gasteiger partial charge in [-0.15, -0.1) is 0 Å². The molecule has 0 heterocycles. The van der Waals surface area contributed by atoms with Gasteiger partial charge in [0, 0.05) is 18.7 Å². The predicted molar refractivity (Wildman–Crippen MR) is 102 cm³/mol. The van der Waals surface area contributed by atoms with E-state index >= 15 is 0 Å². The van der Waals surface area contributed by atoms with Crippen LogP contribution in [0.3, 0.4) is 0 Å². The normalized spacial score (nSPS) is 23.2. The van der Waals surface area contributed by atoms with Gasteiger partial charge < -0.3 is 10.4 Å². The minimum Gasteiger partial charge on any atom is -0.480 e. The fraction of sp³-hybridized carbons (Fsp3) is 0.579. The Balaban J connectivity index is 2.19. The number of rotatable bonds is 7. The lowest BCUT2D eigenvalue weighted by Crippen LogP contribution is -2.56. The average Bonchev–Trinajstić information content (AvgIpc) is 2.64. The van der Waals surface area contributed by atoms with E-state index in [0.717, 1.165) is 12.8 Å². The molecule has 0 aromatic heterocycles. The Kier molecular flexibility index (Phi) is 6.64. The summed E-state index contributed by atoms with van der Waals surface area (Å²) in [7, 11) is -3.60. The first-order valence-corrected chi connectivity index (χ1v) is 10.8. The number of hydrogen-bond acceptors (Lipinski definition) is 4. The molecule has 2 N–H and O–H groups in total. The highest BCUT2D eigenvalue weighted by molar-refractivity contribution is 7.89. The van der Waals surface area contributed by atoms with E-state index in [-0.39, 0.29) is 10.5 Å². The van der Waals surface area contributed by atoms with Crippen LogP contribution in [0.15, 0.2) is 29.2 Å². The maximum absolute atomic E-state index is 12.6. The second-order valence-corrected chi connectivity index (χ2v) is 9.08. The molecule has 0 spiro atoms. The van der Waals surface area contributed by atoms with Crippen LogP contribution in [0.4, 0.5) is 0 Å². The van der Waals surface area contributed by atoms with Crippen molar-refractivity contribution >= 4 is 21.9 Å². The summed E-state index contributed by atoms with van der Waals surface area (Å²) in [4.78, 5) is 24.5. The van der Waals surface area contributed by atoms with Gasteiger partial charge in [-0.05, 0) is 55.9 Å². The fourth-order valence-electron chi connectivity index (χ4n) is 3.43. The van der Waals surface area contributed by atoms with Crippen molar-refractivity contribution in [2.45, 2.75) is 56.9 Å². The first-order valence-electron chi connectivity index (χ1n) is 9.32. The van der Waals surface area contributed by atoms with Crippen LogP contribution in [0.2, 0.25) is 0 Å². The summed E-state index contributed by atoms with van der Waals surface area (Å²) in [5.74, 6) is -1.08. The minimum atomic E-state index is -3.60. The SMILES string of the molecule is CCN(CC)S(=O)(=O)c1ccc(C(=O)NC2(C(=O)O)CCC(C)CC2)cc1. The van der Waals surface area contributed by atoms with E-state index in [1.54, 1.807) is 13.8 Å². The van der Waals surface area contributed by atoms with Crippen molar-refractivity contribution in [1.82, 2.24) is 9.62 Å². The molecule has 2 rings (SSSR count). The van der Waals surface area contributed by atoms with Gasteiger partial charge in [-0.2, -0.15) is 4.31 Å². The average molecular weight is 397 g/mol. The van der Waals surface area contributed by atoms with Crippen LogP contribution in [0, 0.1) is 5.92 Å². The monoisotopic (exact) mass is 396 g/mol. The first-order chi connectivity index (χ1) is 12.7. The molecule has 1 fully saturated rings. The lowest BCUT2D eigenvalue weighted by atomic mass is 9.77. The van der Waals surface area contributed by atoms with Gasteiger partial charge in [-0.3, -0.25) is 4.79 Å². The van der Waals surface area contributed by atoms with E-state index in [4.69, 9.17) is 0 Å².